The number of carbonyl (C=O) groups is 1. The number of fused-ring (bicyclic) bond motifs is 2. The van der Waals surface area contributed by atoms with Gasteiger partial charge in [-0.15, -0.1) is 0 Å². The van der Waals surface area contributed by atoms with Crippen molar-refractivity contribution >= 4 is 21.7 Å². The van der Waals surface area contributed by atoms with Crippen molar-refractivity contribution in [1.29, 1.82) is 0 Å². The van der Waals surface area contributed by atoms with Gasteiger partial charge in [-0.2, -0.15) is 0 Å². The summed E-state index contributed by atoms with van der Waals surface area (Å²) in [4.78, 5) is 12.0. The summed E-state index contributed by atoms with van der Waals surface area (Å²) in [5.74, 6) is -3.42. The maximum atomic E-state index is 14.2. The lowest BCUT2D eigenvalue weighted by Crippen LogP contribution is -2.28. The highest BCUT2D eigenvalue weighted by Crippen LogP contribution is 2.56. The lowest BCUT2D eigenvalue weighted by Gasteiger charge is -2.34. The van der Waals surface area contributed by atoms with E-state index in [9.17, 15) is 23.8 Å². The van der Waals surface area contributed by atoms with Crippen molar-refractivity contribution < 1.29 is 23.8 Å². The summed E-state index contributed by atoms with van der Waals surface area (Å²) in [6.07, 6.45) is 1.59. The minimum Gasteiger partial charge on any atom is -0.494 e. The van der Waals surface area contributed by atoms with Crippen LogP contribution in [0.5, 0.6) is 11.8 Å². The molecule has 1 saturated carbocycles. The Morgan fingerprint density at radius 2 is 1.70 bits per heavy atom. The summed E-state index contributed by atoms with van der Waals surface area (Å²) in [6.45, 7) is 0. The Morgan fingerprint density at radius 3 is 2.30 bits per heavy atom. The number of halogens is 3. The molecule has 2 aromatic rings. The molecule has 120 valence electrons. The number of aromatic nitrogens is 1. The van der Waals surface area contributed by atoms with Crippen LogP contribution in [0.3, 0.4) is 0 Å². The molecule has 0 saturated heterocycles. The second-order valence-electron chi connectivity index (χ2n) is 6.03. The molecule has 1 aromatic heterocycles. The Balaban J connectivity index is 2.02. The predicted octanol–water partition coefficient (Wildman–Crippen LogP) is 3.86. The fourth-order valence-electron chi connectivity index (χ4n) is 3.86. The molecule has 0 radical (unpaired) electrons. The average molecular weight is 384 g/mol. The Kier molecular flexibility index (Phi) is 3.07. The van der Waals surface area contributed by atoms with Gasteiger partial charge in [-0.1, -0.05) is 15.9 Å². The number of ketones is 1. The lowest BCUT2D eigenvalue weighted by molar-refractivity contribution is -0.123. The van der Waals surface area contributed by atoms with E-state index < -0.39 is 29.1 Å². The first kappa shape index (κ1) is 14.7. The summed E-state index contributed by atoms with van der Waals surface area (Å²) in [5.41, 5.74) is 0.209. The summed E-state index contributed by atoms with van der Waals surface area (Å²) in [7, 11) is 0. The monoisotopic (exact) mass is 383 g/mol. The van der Waals surface area contributed by atoms with Crippen LogP contribution in [-0.2, 0) is 4.79 Å². The zero-order valence-corrected chi connectivity index (χ0v) is 13.4. The van der Waals surface area contributed by atoms with Crippen LogP contribution >= 0.6 is 15.9 Å². The molecule has 1 fully saturated rings. The van der Waals surface area contributed by atoms with E-state index in [0.29, 0.717) is 30.4 Å². The Labute approximate surface area is 138 Å². The highest BCUT2D eigenvalue weighted by molar-refractivity contribution is 9.10. The average Bonchev–Trinajstić information content (AvgIpc) is 2.74. The molecule has 7 heteroatoms. The number of carbonyl (C=O) groups excluding carboxylic acids is 1. The molecular formula is C16H12BrF2NO3. The van der Waals surface area contributed by atoms with Gasteiger partial charge in [-0.3, -0.25) is 4.79 Å². The molecule has 0 unspecified atom stereocenters. The van der Waals surface area contributed by atoms with E-state index in [1.165, 1.54) is 0 Å². The van der Waals surface area contributed by atoms with Crippen molar-refractivity contribution in [2.45, 2.75) is 31.1 Å². The second kappa shape index (κ2) is 4.80. The molecule has 1 aromatic carbocycles. The van der Waals surface area contributed by atoms with Gasteiger partial charge in [0.15, 0.2) is 11.6 Å². The standard InChI is InChI=1S/C16H12BrF2NO3/c17-7-4-9(18)14(10(19)5-7)20-15(22)12-6-1-2-8(11(21)3-6)13(12)16(20)23/h4-6,8,22-23H,1-3H2/t6-,8+/m0/s1. The normalized spacial score (nSPS) is 22.5. The fourth-order valence-corrected chi connectivity index (χ4v) is 4.26. The Morgan fingerprint density at radius 1 is 1.09 bits per heavy atom. The molecule has 2 bridgehead atoms. The molecular weight excluding hydrogens is 372 g/mol. The topological polar surface area (TPSA) is 62.5 Å². The molecule has 4 nitrogen and oxygen atoms in total. The first-order valence-electron chi connectivity index (χ1n) is 7.24. The molecule has 23 heavy (non-hydrogen) atoms. The number of nitrogens with zero attached hydrogens (tertiary/aromatic N) is 1. The second-order valence-corrected chi connectivity index (χ2v) is 6.94. The highest BCUT2D eigenvalue weighted by atomic mass is 79.9. The van der Waals surface area contributed by atoms with Crippen LogP contribution in [0.2, 0.25) is 0 Å². The van der Waals surface area contributed by atoms with Crippen molar-refractivity contribution in [3.8, 4) is 17.4 Å². The van der Waals surface area contributed by atoms with Crippen LogP contribution in [0.1, 0.15) is 42.2 Å². The molecule has 0 spiro atoms. The number of Topliss-reactive ketones (excluding diaryl/α,β-unsaturated/α-hetero) is 1. The highest BCUT2D eigenvalue weighted by Gasteiger charge is 2.45. The predicted molar refractivity (Wildman–Crippen MR) is 81.1 cm³/mol. The van der Waals surface area contributed by atoms with Gasteiger partial charge in [0.25, 0.3) is 0 Å². The molecule has 2 atom stereocenters. The minimum atomic E-state index is -0.923. The molecule has 3 aliphatic rings. The van der Waals surface area contributed by atoms with Gasteiger partial charge in [0, 0.05) is 27.9 Å². The quantitative estimate of drug-likeness (QED) is 0.785. The molecule has 5 rings (SSSR count). The van der Waals surface area contributed by atoms with E-state index in [-0.39, 0.29) is 22.1 Å². The van der Waals surface area contributed by atoms with Crippen LogP contribution in [0.15, 0.2) is 16.6 Å². The van der Waals surface area contributed by atoms with Crippen LogP contribution in [0.25, 0.3) is 5.69 Å². The lowest BCUT2D eigenvalue weighted by atomic mass is 9.67. The summed E-state index contributed by atoms with van der Waals surface area (Å²) in [6, 6.07) is 2.10. The zero-order valence-electron chi connectivity index (χ0n) is 11.8. The summed E-state index contributed by atoms with van der Waals surface area (Å²) >= 11 is 2.99. The minimum absolute atomic E-state index is 0.00190. The van der Waals surface area contributed by atoms with Crippen molar-refractivity contribution in [2.24, 2.45) is 0 Å². The molecule has 0 amide bonds. The van der Waals surface area contributed by atoms with Gasteiger partial charge in [0.05, 0.1) is 0 Å². The van der Waals surface area contributed by atoms with E-state index >= 15 is 0 Å². The maximum absolute atomic E-state index is 14.2. The zero-order chi connectivity index (χ0) is 16.5. The van der Waals surface area contributed by atoms with Gasteiger partial charge >= 0.3 is 0 Å². The SMILES string of the molecule is O=C1C[C@@H]2CC[C@H]1c1c2c(O)n(-c2c(F)cc(Br)cc2F)c1O. The van der Waals surface area contributed by atoms with Gasteiger partial charge < -0.3 is 10.2 Å². The third-order valence-electron chi connectivity index (χ3n) is 4.80. The molecule has 2 N–H and O–H groups in total. The first-order valence-corrected chi connectivity index (χ1v) is 8.03. The van der Waals surface area contributed by atoms with Crippen molar-refractivity contribution in [3.05, 3.63) is 39.4 Å². The van der Waals surface area contributed by atoms with Crippen LogP contribution < -0.4 is 0 Å². The van der Waals surface area contributed by atoms with Crippen LogP contribution in [-0.4, -0.2) is 20.6 Å². The first-order chi connectivity index (χ1) is 10.9. The van der Waals surface area contributed by atoms with E-state index in [4.69, 9.17) is 0 Å². The van der Waals surface area contributed by atoms with Gasteiger partial charge in [-0.05, 0) is 30.9 Å². The Hall–Kier alpha value is -1.89. The number of benzene rings is 1. The number of aromatic hydroxyl groups is 2. The maximum Gasteiger partial charge on any atom is 0.203 e. The summed E-state index contributed by atoms with van der Waals surface area (Å²) < 4.78 is 29.4. The van der Waals surface area contributed by atoms with Gasteiger partial charge in [-0.25, -0.2) is 13.3 Å². The molecule has 1 heterocycles. The smallest absolute Gasteiger partial charge is 0.203 e. The van der Waals surface area contributed by atoms with E-state index in [1.54, 1.807) is 0 Å². The third kappa shape index (κ3) is 1.89. The number of rotatable bonds is 1. The van der Waals surface area contributed by atoms with Crippen LogP contribution in [0, 0.1) is 11.6 Å². The van der Waals surface area contributed by atoms with Crippen molar-refractivity contribution in [1.82, 2.24) is 4.57 Å². The number of hydrogen-bond acceptors (Lipinski definition) is 3. The van der Waals surface area contributed by atoms with Gasteiger partial charge in [0.1, 0.15) is 11.5 Å². The van der Waals surface area contributed by atoms with E-state index in [1.807, 2.05) is 0 Å². The fraction of sp³-hybridized carbons (Fsp3) is 0.312. The van der Waals surface area contributed by atoms with Crippen molar-refractivity contribution in [2.75, 3.05) is 0 Å². The Bertz CT molecular complexity index is 838. The summed E-state index contributed by atoms with van der Waals surface area (Å²) in [5, 5.41) is 21.0. The third-order valence-corrected chi connectivity index (χ3v) is 5.26. The van der Waals surface area contributed by atoms with E-state index in [2.05, 4.69) is 15.9 Å². The molecule has 0 aliphatic heterocycles. The van der Waals surface area contributed by atoms with E-state index in [0.717, 1.165) is 16.7 Å². The van der Waals surface area contributed by atoms with Crippen LogP contribution in [0.4, 0.5) is 8.78 Å². The van der Waals surface area contributed by atoms with Gasteiger partial charge in [0.2, 0.25) is 11.8 Å². The van der Waals surface area contributed by atoms with Crippen molar-refractivity contribution in [3.63, 3.8) is 0 Å². The largest absolute Gasteiger partial charge is 0.494 e. The number of hydrogen-bond donors (Lipinski definition) is 2. The molecule has 3 aliphatic carbocycles.